The van der Waals surface area contributed by atoms with E-state index in [1.54, 1.807) is 36.4 Å². The summed E-state index contributed by atoms with van der Waals surface area (Å²) in [6, 6.07) is 21.8. The maximum absolute atomic E-state index is 12.8. The summed E-state index contributed by atoms with van der Waals surface area (Å²) in [7, 11) is 0. The normalized spacial score (nSPS) is 14.6. The van der Waals surface area contributed by atoms with Crippen LogP contribution in [-0.4, -0.2) is 41.9 Å². The van der Waals surface area contributed by atoms with Gasteiger partial charge in [0.1, 0.15) is 5.69 Å². The number of nitrogens with one attached hydrogen (secondary N) is 1. The zero-order valence-electron chi connectivity index (χ0n) is 18.3. The summed E-state index contributed by atoms with van der Waals surface area (Å²) in [6.45, 7) is 4.37. The van der Waals surface area contributed by atoms with Gasteiger partial charge in [0.05, 0.1) is 4.92 Å². The quantitative estimate of drug-likeness (QED) is 0.391. The summed E-state index contributed by atoms with van der Waals surface area (Å²) >= 11 is 6.02. The fourth-order valence-corrected chi connectivity index (χ4v) is 4.22. The smallest absolute Gasteiger partial charge is 0.292 e. The second-order valence-corrected chi connectivity index (χ2v) is 8.46. The number of piperazine rings is 1. The standard InChI is InChI=1S/C25H25ClN4O3/c1-18(19-6-3-2-4-7-19)27-23-17-22(10-11-24(23)30(32)33)28-12-14-29(15-13-28)25(31)20-8-5-9-21(26)16-20/h2-11,16-18,27H,12-15H2,1H3/t18-/m0/s1. The first-order chi connectivity index (χ1) is 15.9. The minimum atomic E-state index is -0.370. The second kappa shape index (κ2) is 9.92. The van der Waals surface area contributed by atoms with E-state index in [0.717, 1.165) is 11.3 Å². The van der Waals surface area contributed by atoms with Gasteiger partial charge in [-0.15, -0.1) is 0 Å². The van der Waals surface area contributed by atoms with Gasteiger partial charge in [-0.3, -0.25) is 14.9 Å². The fraction of sp³-hybridized carbons (Fsp3) is 0.240. The van der Waals surface area contributed by atoms with Crippen molar-refractivity contribution in [2.75, 3.05) is 36.4 Å². The molecule has 33 heavy (non-hydrogen) atoms. The molecular formula is C25H25ClN4O3. The Morgan fingerprint density at radius 2 is 1.73 bits per heavy atom. The van der Waals surface area contributed by atoms with Crippen LogP contribution in [0.2, 0.25) is 5.02 Å². The van der Waals surface area contributed by atoms with E-state index in [2.05, 4.69) is 10.2 Å². The number of benzene rings is 3. The zero-order valence-corrected chi connectivity index (χ0v) is 19.0. The molecule has 0 unspecified atom stereocenters. The van der Waals surface area contributed by atoms with Crippen LogP contribution in [0.5, 0.6) is 0 Å². The Morgan fingerprint density at radius 3 is 2.39 bits per heavy atom. The largest absolute Gasteiger partial charge is 0.373 e. The molecule has 1 N–H and O–H groups in total. The summed E-state index contributed by atoms with van der Waals surface area (Å²) in [4.78, 5) is 28.0. The lowest BCUT2D eigenvalue weighted by atomic mass is 10.1. The first kappa shape index (κ1) is 22.6. The molecule has 1 atom stereocenters. The number of nitro groups is 1. The van der Waals surface area contributed by atoms with Gasteiger partial charge < -0.3 is 15.1 Å². The van der Waals surface area contributed by atoms with Crippen molar-refractivity contribution in [3.05, 3.63) is 99.1 Å². The van der Waals surface area contributed by atoms with Crippen molar-refractivity contribution in [1.82, 2.24) is 4.90 Å². The van der Waals surface area contributed by atoms with Crippen molar-refractivity contribution >= 4 is 34.6 Å². The molecule has 0 bridgehead atoms. The highest BCUT2D eigenvalue weighted by molar-refractivity contribution is 6.30. The summed E-state index contributed by atoms with van der Waals surface area (Å²) < 4.78 is 0. The molecule has 1 fully saturated rings. The molecule has 0 aliphatic carbocycles. The van der Waals surface area contributed by atoms with Crippen LogP contribution in [0, 0.1) is 10.1 Å². The Hall–Kier alpha value is -3.58. The monoisotopic (exact) mass is 464 g/mol. The van der Waals surface area contributed by atoms with E-state index in [4.69, 9.17) is 11.6 Å². The SMILES string of the molecule is C[C@H](Nc1cc(N2CCN(C(=O)c3cccc(Cl)c3)CC2)ccc1[N+](=O)[O-])c1ccccc1. The Kier molecular flexibility index (Phi) is 6.79. The Bertz CT molecular complexity index is 1150. The van der Waals surface area contributed by atoms with E-state index in [1.165, 1.54) is 0 Å². The van der Waals surface area contributed by atoms with E-state index in [0.29, 0.717) is 42.5 Å². The molecule has 0 saturated carbocycles. The van der Waals surface area contributed by atoms with Crippen molar-refractivity contribution in [2.45, 2.75) is 13.0 Å². The summed E-state index contributed by atoms with van der Waals surface area (Å²) in [5.41, 5.74) is 3.03. The Morgan fingerprint density at radius 1 is 1.00 bits per heavy atom. The van der Waals surface area contributed by atoms with Gasteiger partial charge in [-0.05, 0) is 42.8 Å². The number of nitro benzene ring substituents is 1. The van der Waals surface area contributed by atoms with E-state index in [9.17, 15) is 14.9 Å². The Balaban J connectivity index is 1.47. The molecule has 1 aliphatic heterocycles. The number of hydrogen-bond donors (Lipinski definition) is 1. The minimum absolute atomic E-state index is 0.0382. The molecule has 1 amide bonds. The molecule has 0 spiro atoms. The number of hydrogen-bond acceptors (Lipinski definition) is 5. The lowest BCUT2D eigenvalue weighted by Gasteiger charge is -2.36. The minimum Gasteiger partial charge on any atom is -0.373 e. The third-order valence-electron chi connectivity index (χ3n) is 5.85. The number of amides is 1. The topological polar surface area (TPSA) is 78.7 Å². The third-order valence-corrected chi connectivity index (χ3v) is 6.09. The lowest BCUT2D eigenvalue weighted by molar-refractivity contribution is -0.384. The third kappa shape index (κ3) is 5.26. The lowest BCUT2D eigenvalue weighted by Crippen LogP contribution is -2.48. The molecule has 3 aromatic rings. The predicted molar refractivity (Wildman–Crippen MR) is 131 cm³/mol. The highest BCUT2D eigenvalue weighted by Gasteiger charge is 2.24. The van der Waals surface area contributed by atoms with Crippen LogP contribution >= 0.6 is 11.6 Å². The van der Waals surface area contributed by atoms with Crippen LogP contribution < -0.4 is 10.2 Å². The number of halogens is 1. The van der Waals surface area contributed by atoms with Crippen LogP contribution in [0.15, 0.2) is 72.8 Å². The molecular weight excluding hydrogens is 440 g/mol. The van der Waals surface area contributed by atoms with Crippen molar-refractivity contribution < 1.29 is 9.72 Å². The summed E-state index contributed by atoms with van der Waals surface area (Å²) in [5.74, 6) is -0.0418. The van der Waals surface area contributed by atoms with Crippen LogP contribution in [0.3, 0.4) is 0 Å². The van der Waals surface area contributed by atoms with Crippen molar-refractivity contribution in [2.24, 2.45) is 0 Å². The highest BCUT2D eigenvalue weighted by Crippen LogP contribution is 2.33. The van der Waals surface area contributed by atoms with Crippen molar-refractivity contribution in [1.29, 1.82) is 0 Å². The van der Waals surface area contributed by atoms with Crippen LogP contribution in [0.25, 0.3) is 0 Å². The van der Waals surface area contributed by atoms with Gasteiger partial charge in [0.2, 0.25) is 0 Å². The van der Waals surface area contributed by atoms with Crippen molar-refractivity contribution in [3.8, 4) is 0 Å². The van der Waals surface area contributed by atoms with Crippen LogP contribution in [-0.2, 0) is 0 Å². The average Bonchev–Trinajstić information content (AvgIpc) is 2.84. The van der Waals surface area contributed by atoms with Gasteiger partial charge in [-0.1, -0.05) is 48.0 Å². The molecule has 8 heteroatoms. The molecule has 7 nitrogen and oxygen atoms in total. The van der Waals surface area contributed by atoms with Crippen LogP contribution in [0.1, 0.15) is 28.9 Å². The van der Waals surface area contributed by atoms with E-state index in [1.807, 2.05) is 48.2 Å². The molecule has 1 aliphatic rings. The number of carbonyl (C=O) groups is 1. The van der Waals surface area contributed by atoms with Gasteiger partial charge in [0.15, 0.2) is 0 Å². The van der Waals surface area contributed by atoms with Crippen LogP contribution in [0.4, 0.5) is 17.1 Å². The van der Waals surface area contributed by atoms with Crippen molar-refractivity contribution in [3.63, 3.8) is 0 Å². The first-order valence-corrected chi connectivity index (χ1v) is 11.2. The molecule has 0 aromatic heterocycles. The van der Waals surface area contributed by atoms with Gasteiger partial charge in [-0.2, -0.15) is 0 Å². The number of nitrogens with zero attached hydrogens (tertiary/aromatic N) is 3. The summed E-state index contributed by atoms with van der Waals surface area (Å²) in [5, 5.41) is 15.4. The maximum Gasteiger partial charge on any atom is 0.292 e. The predicted octanol–water partition coefficient (Wildman–Crippen LogP) is 5.38. The average molecular weight is 465 g/mol. The van der Waals surface area contributed by atoms with Gasteiger partial charge in [0.25, 0.3) is 11.6 Å². The number of carbonyl (C=O) groups excluding carboxylic acids is 1. The number of rotatable bonds is 6. The molecule has 1 heterocycles. The second-order valence-electron chi connectivity index (χ2n) is 8.02. The zero-order chi connectivity index (χ0) is 23.4. The first-order valence-electron chi connectivity index (χ1n) is 10.8. The molecule has 0 radical (unpaired) electrons. The molecule has 3 aromatic carbocycles. The van der Waals surface area contributed by atoms with E-state index >= 15 is 0 Å². The number of anilines is 2. The van der Waals surface area contributed by atoms with Gasteiger partial charge in [0, 0.05) is 54.6 Å². The van der Waals surface area contributed by atoms with Gasteiger partial charge in [-0.25, -0.2) is 0 Å². The summed E-state index contributed by atoms with van der Waals surface area (Å²) in [6.07, 6.45) is 0. The van der Waals surface area contributed by atoms with E-state index < -0.39 is 0 Å². The maximum atomic E-state index is 12.8. The molecule has 170 valence electrons. The Labute approximate surface area is 197 Å². The molecule has 1 saturated heterocycles. The highest BCUT2D eigenvalue weighted by atomic mass is 35.5. The fourth-order valence-electron chi connectivity index (χ4n) is 4.03. The molecule has 4 rings (SSSR count). The van der Waals surface area contributed by atoms with E-state index in [-0.39, 0.29) is 22.6 Å². The van der Waals surface area contributed by atoms with Gasteiger partial charge >= 0.3 is 0 Å².